The number of hydrogen-bond acceptors (Lipinski definition) is 3. The highest BCUT2D eigenvalue weighted by atomic mass is 32.2. The van der Waals surface area contributed by atoms with Gasteiger partial charge in [0.1, 0.15) is 5.82 Å². The number of rotatable bonds is 5. The molecule has 0 aliphatic carbocycles. The summed E-state index contributed by atoms with van der Waals surface area (Å²) < 4.78 is 38.4. The number of anilines is 1. The van der Waals surface area contributed by atoms with Gasteiger partial charge >= 0.3 is 0 Å². The van der Waals surface area contributed by atoms with Crippen LogP contribution in [0.5, 0.6) is 0 Å². The molecule has 17 heavy (non-hydrogen) atoms. The summed E-state index contributed by atoms with van der Waals surface area (Å²) >= 11 is 0. The normalized spacial score (nSPS) is 12.0. The highest BCUT2D eigenvalue weighted by molar-refractivity contribution is 7.89. The number of hydrogen-bond donors (Lipinski definition) is 1. The molecule has 0 saturated heterocycles. The molecular weight excluding hydrogens is 243 g/mol. The van der Waals surface area contributed by atoms with Crippen LogP contribution in [-0.4, -0.2) is 26.3 Å². The van der Waals surface area contributed by atoms with Crippen LogP contribution in [0.1, 0.15) is 19.8 Å². The van der Waals surface area contributed by atoms with Crippen LogP contribution in [0.3, 0.4) is 0 Å². The fourth-order valence-electron chi connectivity index (χ4n) is 1.41. The van der Waals surface area contributed by atoms with Gasteiger partial charge in [0.05, 0.1) is 4.90 Å². The molecule has 0 aromatic heterocycles. The van der Waals surface area contributed by atoms with E-state index in [4.69, 9.17) is 5.73 Å². The second kappa shape index (κ2) is 5.46. The largest absolute Gasteiger partial charge is 0.399 e. The van der Waals surface area contributed by atoms with Gasteiger partial charge in [-0.2, -0.15) is 0 Å². The van der Waals surface area contributed by atoms with E-state index in [9.17, 15) is 12.8 Å². The Morgan fingerprint density at radius 1 is 1.35 bits per heavy atom. The molecular formula is C11H17FN2O2S. The van der Waals surface area contributed by atoms with E-state index in [-0.39, 0.29) is 10.6 Å². The Labute approximate surface area is 101 Å². The van der Waals surface area contributed by atoms with Crippen molar-refractivity contribution >= 4 is 15.7 Å². The third-order valence-corrected chi connectivity index (χ3v) is 4.26. The van der Waals surface area contributed by atoms with Gasteiger partial charge in [-0.25, -0.2) is 17.1 Å². The second-order valence-electron chi connectivity index (χ2n) is 3.90. The smallest absolute Gasteiger partial charge is 0.242 e. The van der Waals surface area contributed by atoms with Gasteiger partial charge in [0.15, 0.2) is 0 Å². The SMILES string of the molecule is CCCCN(C)S(=O)(=O)c1cc(N)cc(F)c1. The van der Waals surface area contributed by atoms with Crippen LogP contribution < -0.4 is 5.73 Å². The Kier molecular flexibility index (Phi) is 4.47. The molecule has 0 atom stereocenters. The highest BCUT2D eigenvalue weighted by Crippen LogP contribution is 2.19. The van der Waals surface area contributed by atoms with Crippen molar-refractivity contribution in [1.29, 1.82) is 0 Å². The number of nitrogens with two attached hydrogens (primary N) is 1. The topological polar surface area (TPSA) is 63.4 Å². The number of nitrogens with zero attached hydrogens (tertiary/aromatic N) is 1. The Balaban J connectivity index is 3.04. The van der Waals surface area contributed by atoms with Gasteiger partial charge in [0, 0.05) is 19.3 Å². The summed E-state index contributed by atoms with van der Waals surface area (Å²) in [5, 5.41) is 0. The molecule has 0 unspecified atom stereocenters. The van der Waals surface area contributed by atoms with Crippen molar-refractivity contribution in [3.8, 4) is 0 Å². The Morgan fingerprint density at radius 2 is 2.00 bits per heavy atom. The van der Waals surface area contributed by atoms with E-state index in [2.05, 4.69) is 0 Å². The van der Waals surface area contributed by atoms with Crippen molar-refractivity contribution in [2.24, 2.45) is 0 Å². The third-order valence-electron chi connectivity index (χ3n) is 2.43. The predicted octanol–water partition coefficient (Wildman–Crippen LogP) is 1.83. The quantitative estimate of drug-likeness (QED) is 0.821. The van der Waals surface area contributed by atoms with Gasteiger partial charge in [0.25, 0.3) is 0 Å². The van der Waals surface area contributed by atoms with Crippen molar-refractivity contribution in [3.63, 3.8) is 0 Å². The summed E-state index contributed by atoms with van der Waals surface area (Å²) in [4.78, 5) is -0.103. The lowest BCUT2D eigenvalue weighted by atomic mass is 10.3. The molecule has 1 aromatic rings. The minimum atomic E-state index is -3.64. The lowest BCUT2D eigenvalue weighted by molar-refractivity contribution is 0.458. The highest BCUT2D eigenvalue weighted by Gasteiger charge is 2.21. The lowest BCUT2D eigenvalue weighted by Crippen LogP contribution is -2.28. The molecule has 0 spiro atoms. The number of sulfonamides is 1. The van der Waals surface area contributed by atoms with E-state index in [1.54, 1.807) is 0 Å². The maximum absolute atomic E-state index is 13.1. The van der Waals surface area contributed by atoms with Crippen LogP contribution in [0, 0.1) is 5.82 Å². The van der Waals surface area contributed by atoms with Crippen LogP contribution in [-0.2, 0) is 10.0 Å². The zero-order chi connectivity index (χ0) is 13.1. The average Bonchev–Trinajstić information content (AvgIpc) is 2.24. The summed E-state index contributed by atoms with van der Waals surface area (Å²) in [6.45, 7) is 2.38. The first kappa shape index (κ1) is 13.9. The van der Waals surface area contributed by atoms with Crippen LogP contribution >= 0.6 is 0 Å². The van der Waals surface area contributed by atoms with Gasteiger partial charge in [-0.15, -0.1) is 0 Å². The molecule has 2 N–H and O–H groups in total. The molecule has 1 aromatic carbocycles. The van der Waals surface area contributed by atoms with Gasteiger partial charge in [-0.1, -0.05) is 13.3 Å². The van der Waals surface area contributed by atoms with Crippen LogP contribution in [0.25, 0.3) is 0 Å². The van der Waals surface area contributed by atoms with E-state index in [1.807, 2.05) is 6.92 Å². The lowest BCUT2D eigenvalue weighted by Gasteiger charge is -2.17. The molecule has 6 heteroatoms. The average molecular weight is 260 g/mol. The molecule has 0 fully saturated rings. The van der Waals surface area contributed by atoms with Crippen LogP contribution in [0.2, 0.25) is 0 Å². The fraction of sp³-hybridized carbons (Fsp3) is 0.455. The molecule has 0 radical (unpaired) electrons. The summed E-state index contributed by atoms with van der Waals surface area (Å²) in [7, 11) is -2.16. The van der Waals surface area contributed by atoms with Crippen molar-refractivity contribution in [2.75, 3.05) is 19.3 Å². The first-order valence-electron chi connectivity index (χ1n) is 5.40. The van der Waals surface area contributed by atoms with Crippen molar-refractivity contribution < 1.29 is 12.8 Å². The summed E-state index contributed by atoms with van der Waals surface area (Å²) in [5.74, 6) is -0.646. The first-order valence-corrected chi connectivity index (χ1v) is 6.84. The van der Waals surface area contributed by atoms with Gasteiger partial charge in [-0.3, -0.25) is 0 Å². The second-order valence-corrected chi connectivity index (χ2v) is 5.95. The Morgan fingerprint density at radius 3 is 2.53 bits per heavy atom. The van der Waals surface area contributed by atoms with Gasteiger partial charge in [0.2, 0.25) is 10.0 Å². The maximum Gasteiger partial charge on any atom is 0.242 e. The van der Waals surface area contributed by atoms with Gasteiger partial charge < -0.3 is 5.73 Å². The molecule has 0 aliphatic heterocycles. The Hall–Kier alpha value is -1.14. The van der Waals surface area contributed by atoms with E-state index in [0.717, 1.165) is 25.0 Å². The van der Waals surface area contributed by atoms with Crippen molar-refractivity contribution in [2.45, 2.75) is 24.7 Å². The maximum atomic E-state index is 13.1. The molecule has 0 heterocycles. The van der Waals surface area contributed by atoms with E-state index < -0.39 is 15.8 Å². The first-order chi connectivity index (χ1) is 7.87. The summed E-state index contributed by atoms with van der Waals surface area (Å²) in [6, 6.07) is 3.33. The van der Waals surface area contributed by atoms with E-state index in [1.165, 1.54) is 17.4 Å². The molecule has 0 bridgehead atoms. The summed E-state index contributed by atoms with van der Waals surface area (Å²) in [6.07, 6.45) is 1.66. The minimum Gasteiger partial charge on any atom is -0.399 e. The van der Waals surface area contributed by atoms with E-state index >= 15 is 0 Å². The number of nitrogen functional groups attached to an aromatic ring is 1. The summed E-state index contributed by atoms with van der Waals surface area (Å²) in [5.41, 5.74) is 5.54. The van der Waals surface area contributed by atoms with Crippen LogP contribution in [0.4, 0.5) is 10.1 Å². The van der Waals surface area contributed by atoms with Gasteiger partial charge in [-0.05, 0) is 24.6 Å². The predicted molar refractivity (Wildman–Crippen MR) is 65.5 cm³/mol. The molecule has 0 amide bonds. The van der Waals surface area contributed by atoms with E-state index in [0.29, 0.717) is 6.54 Å². The minimum absolute atomic E-state index is 0.103. The van der Waals surface area contributed by atoms with Crippen LogP contribution in [0.15, 0.2) is 23.1 Å². The number of benzene rings is 1. The Bertz CT molecular complexity index is 468. The number of halogens is 1. The third kappa shape index (κ3) is 3.41. The molecule has 0 aliphatic rings. The number of unbranched alkanes of at least 4 members (excludes halogenated alkanes) is 1. The monoisotopic (exact) mass is 260 g/mol. The zero-order valence-corrected chi connectivity index (χ0v) is 10.8. The molecule has 96 valence electrons. The van der Waals surface area contributed by atoms with Crippen molar-refractivity contribution in [3.05, 3.63) is 24.0 Å². The van der Waals surface area contributed by atoms with Crippen molar-refractivity contribution in [1.82, 2.24) is 4.31 Å². The molecule has 1 rings (SSSR count). The molecule has 0 saturated carbocycles. The fourth-order valence-corrected chi connectivity index (χ4v) is 2.69. The zero-order valence-electron chi connectivity index (χ0n) is 9.98. The molecule has 4 nitrogen and oxygen atoms in total. The standard InChI is InChI=1S/C11H17FN2O2S/c1-3-4-5-14(2)17(15,16)11-7-9(12)6-10(13)8-11/h6-8H,3-5,13H2,1-2H3.